The zero-order chi connectivity index (χ0) is 22.0. The number of ketones is 1. The first kappa shape index (κ1) is 21.4. The van der Waals surface area contributed by atoms with Crippen molar-refractivity contribution in [2.45, 2.75) is 11.8 Å². The Bertz CT molecular complexity index is 1190. The van der Waals surface area contributed by atoms with Gasteiger partial charge in [0.1, 0.15) is 0 Å². The first-order chi connectivity index (χ1) is 14.9. The molecule has 160 valence electrons. The van der Waals surface area contributed by atoms with Crippen molar-refractivity contribution in [3.63, 3.8) is 0 Å². The van der Waals surface area contributed by atoms with E-state index in [9.17, 15) is 18.0 Å². The van der Waals surface area contributed by atoms with Crippen LogP contribution in [-0.4, -0.2) is 55.5 Å². The minimum absolute atomic E-state index is 0.181. The molecule has 1 aliphatic rings. The van der Waals surface area contributed by atoms with Crippen LogP contribution in [0.15, 0.2) is 70.9 Å². The minimum Gasteiger partial charge on any atom is -0.336 e. The first-order valence-corrected chi connectivity index (χ1v) is 12.2. The van der Waals surface area contributed by atoms with Crippen LogP contribution in [0.2, 0.25) is 0 Å². The maximum atomic E-state index is 13.2. The lowest BCUT2D eigenvalue weighted by molar-refractivity contribution is 0.0694. The number of piperazine rings is 1. The molecule has 1 fully saturated rings. The van der Waals surface area contributed by atoms with Gasteiger partial charge in [0.2, 0.25) is 15.8 Å². The number of carbonyl (C=O) groups is 2. The van der Waals surface area contributed by atoms with Crippen molar-refractivity contribution in [1.82, 2.24) is 9.21 Å². The van der Waals surface area contributed by atoms with Gasteiger partial charge in [-0.1, -0.05) is 42.0 Å². The molecule has 2 aromatic carbocycles. The van der Waals surface area contributed by atoms with Gasteiger partial charge in [-0.3, -0.25) is 9.59 Å². The monoisotopic (exact) mass is 454 g/mol. The van der Waals surface area contributed by atoms with Gasteiger partial charge in [-0.2, -0.15) is 4.31 Å². The summed E-state index contributed by atoms with van der Waals surface area (Å²) in [5, 5.41) is 1.82. The van der Waals surface area contributed by atoms with Crippen LogP contribution in [0.1, 0.15) is 31.2 Å². The van der Waals surface area contributed by atoms with Crippen LogP contribution in [0.4, 0.5) is 0 Å². The van der Waals surface area contributed by atoms with Gasteiger partial charge >= 0.3 is 0 Å². The van der Waals surface area contributed by atoms with E-state index in [0.717, 1.165) is 5.56 Å². The summed E-state index contributed by atoms with van der Waals surface area (Å²) in [6.07, 6.45) is 0. The second-order valence-electron chi connectivity index (χ2n) is 7.36. The fourth-order valence-corrected chi connectivity index (χ4v) is 5.67. The quantitative estimate of drug-likeness (QED) is 0.554. The highest BCUT2D eigenvalue weighted by Crippen LogP contribution is 2.22. The van der Waals surface area contributed by atoms with Crippen LogP contribution < -0.4 is 0 Å². The minimum atomic E-state index is -3.60. The molecule has 3 aromatic rings. The molecule has 1 saturated heterocycles. The van der Waals surface area contributed by atoms with E-state index in [0.29, 0.717) is 16.0 Å². The van der Waals surface area contributed by atoms with Gasteiger partial charge in [0.25, 0.3) is 5.91 Å². The molecule has 0 saturated carbocycles. The number of sulfonamides is 1. The molecule has 8 heteroatoms. The maximum absolute atomic E-state index is 13.2. The maximum Gasteiger partial charge on any atom is 0.254 e. The van der Waals surface area contributed by atoms with E-state index in [1.165, 1.54) is 15.6 Å². The molecular weight excluding hydrogens is 432 g/mol. The van der Waals surface area contributed by atoms with Crippen LogP contribution in [-0.2, 0) is 10.0 Å². The van der Waals surface area contributed by atoms with E-state index >= 15 is 0 Å². The number of carbonyl (C=O) groups excluding carboxylic acids is 2. The Morgan fingerprint density at radius 1 is 0.839 bits per heavy atom. The lowest BCUT2D eigenvalue weighted by Gasteiger charge is -2.34. The Morgan fingerprint density at radius 3 is 2.10 bits per heavy atom. The summed E-state index contributed by atoms with van der Waals surface area (Å²) in [4.78, 5) is 28.4. The number of rotatable bonds is 5. The van der Waals surface area contributed by atoms with E-state index in [1.807, 2.05) is 12.3 Å². The Hall–Kier alpha value is -2.81. The molecule has 4 rings (SSSR count). The molecular formula is C23H22N2O4S2. The Labute approximate surface area is 185 Å². The summed E-state index contributed by atoms with van der Waals surface area (Å²) in [6.45, 7) is 2.87. The van der Waals surface area contributed by atoms with Crippen LogP contribution >= 0.6 is 11.3 Å². The number of benzene rings is 2. The predicted molar refractivity (Wildman–Crippen MR) is 120 cm³/mol. The molecule has 1 aliphatic heterocycles. The molecule has 0 unspecified atom stereocenters. The smallest absolute Gasteiger partial charge is 0.254 e. The van der Waals surface area contributed by atoms with E-state index in [4.69, 9.17) is 0 Å². The molecule has 1 aromatic heterocycles. The molecule has 0 radical (unpaired) electrons. The number of hydrogen-bond acceptors (Lipinski definition) is 5. The third-order valence-electron chi connectivity index (χ3n) is 5.33. The van der Waals surface area contributed by atoms with Gasteiger partial charge in [0.05, 0.1) is 15.3 Å². The van der Waals surface area contributed by atoms with Crippen LogP contribution in [0.5, 0.6) is 0 Å². The molecule has 0 spiro atoms. The van der Waals surface area contributed by atoms with Crippen LogP contribution in [0.3, 0.4) is 0 Å². The highest BCUT2D eigenvalue weighted by atomic mass is 32.2. The topological polar surface area (TPSA) is 74.8 Å². The number of aryl methyl sites for hydroxylation is 1. The zero-order valence-corrected chi connectivity index (χ0v) is 18.7. The summed E-state index contributed by atoms with van der Waals surface area (Å²) >= 11 is 1.34. The number of thiophene rings is 1. The number of hydrogen-bond donors (Lipinski definition) is 0. The molecule has 0 N–H and O–H groups in total. The lowest BCUT2D eigenvalue weighted by Crippen LogP contribution is -2.50. The highest BCUT2D eigenvalue weighted by molar-refractivity contribution is 7.89. The summed E-state index contributed by atoms with van der Waals surface area (Å²) in [6, 6.07) is 17.1. The molecule has 2 heterocycles. The number of nitrogens with zero attached hydrogens (tertiary/aromatic N) is 2. The number of amides is 1. The average Bonchev–Trinajstić information content (AvgIpc) is 3.33. The second-order valence-corrected chi connectivity index (χ2v) is 10.2. The largest absolute Gasteiger partial charge is 0.336 e. The van der Waals surface area contributed by atoms with Crippen molar-refractivity contribution in [2.75, 3.05) is 26.2 Å². The second kappa shape index (κ2) is 8.74. The molecule has 0 aliphatic carbocycles. The van der Waals surface area contributed by atoms with Gasteiger partial charge < -0.3 is 4.90 Å². The van der Waals surface area contributed by atoms with E-state index < -0.39 is 10.0 Å². The molecule has 0 atom stereocenters. The lowest BCUT2D eigenvalue weighted by atomic mass is 10.0. The Kier molecular flexibility index (Phi) is 6.04. The predicted octanol–water partition coefficient (Wildman–Crippen LogP) is 3.43. The first-order valence-electron chi connectivity index (χ1n) is 9.91. The normalized spacial score (nSPS) is 15.1. The summed E-state index contributed by atoms with van der Waals surface area (Å²) in [5.41, 5.74) is 1.70. The summed E-state index contributed by atoms with van der Waals surface area (Å²) in [5.74, 6) is -0.438. The SMILES string of the molecule is Cc1ccc(S(=O)(=O)N2CCN(C(=O)c3ccccc3C(=O)c3cccs3)CC2)cc1. The van der Waals surface area contributed by atoms with Crippen molar-refractivity contribution in [3.05, 3.63) is 87.6 Å². The third kappa shape index (κ3) is 4.32. The van der Waals surface area contributed by atoms with Crippen molar-refractivity contribution in [1.29, 1.82) is 0 Å². The van der Waals surface area contributed by atoms with Crippen molar-refractivity contribution >= 4 is 33.1 Å². The van der Waals surface area contributed by atoms with Gasteiger partial charge in [-0.15, -0.1) is 11.3 Å². The fraction of sp³-hybridized carbons (Fsp3) is 0.217. The van der Waals surface area contributed by atoms with Gasteiger partial charge in [-0.25, -0.2) is 8.42 Å². The fourth-order valence-electron chi connectivity index (χ4n) is 3.57. The Balaban J connectivity index is 1.49. The van der Waals surface area contributed by atoms with Gasteiger partial charge in [-0.05, 0) is 36.6 Å². The third-order valence-corrected chi connectivity index (χ3v) is 8.11. The van der Waals surface area contributed by atoms with Gasteiger partial charge in [0, 0.05) is 31.7 Å². The van der Waals surface area contributed by atoms with Crippen molar-refractivity contribution < 1.29 is 18.0 Å². The Morgan fingerprint density at radius 2 is 1.48 bits per heavy atom. The molecule has 1 amide bonds. The van der Waals surface area contributed by atoms with Gasteiger partial charge in [0.15, 0.2) is 0 Å². The van der Waals surface area contributed by atoms with Crippen molar-refractivity contribution in [3.8, 4) is 0 Å². The van der Waals surface area contributed by atoms with E-state index in [-0.39, 0.29) is 42.8 Å². The van der Waals surface area contributed by atoms with E-state index in [2.05, 4.69) is 0 Å². The average molecular weight is 455 g/mol. The molecule has 6 nitrogen and oxygen atoms in total. The summed E-state index contributed by atoms with van der Waals surface area (Å²) in [7, 11) is -3.60. The van der Waals surface area contributed by atoms with Crippen LogP contribution in [0, 0.1) is 6.92 Å². The summed E-state index contributed by atoms with van der Waals surface area (Å²) < 4.78 is 27.2. The highest BCUT2D eigenvalue weighted by Gasteiger charge is 2.31. The molecule has 31 heavy (non-hydrogen) atoms. The van der Waals surface area contributed by atoms with Crippen LogP contribution in [0.25, 0.3) is 0 Å². The van der Waals surface area contributed by atoms with E-state index in [1.54, 1.807) is 65.6 Å². The standard InChI is InChI=1S/C23H22N2O4S2/c1-17-8-10-18(11-9-17)31(28,29)25-14-12-24(13-15-25)23(27)20-6-3-2-5-19(20)22(26)21-7-4-16-30-21/h2-11,16H,12-15H2,1H3. The zero-order valence-electron chi connectivity index (χ0n) is 17.0. The van der Waals surface area contributed by atoms with Crippen molar-refractivity contribution in [2.24, 2.45) is 0 Å². The molecule has 0 bridgehead atoms.